The summed E-state index contributed by atoms with van der Waals surface area (Å²) in [6, 6.07) is 7.41. The van der Waals surface area contributed by atoms with Gasteiger partial charge in [0.25, 0.3) is 5.91 Å². The maximum absolute atomic E-state index is 12.1. The molecule has 0 radical (unpaired) electrons. The lowest BCUT2D eigenvalue weighted by Gasteiger charge is -2.10. The number of hydrogen-bond acceptors (Lipinski definition) is 5. The third kappa shape index (κ3) is 5.96. The summed E-state index contributed by atoms with van der Waals surface area (Å²) in [5.41, 5.74) is 1.14. The predicted octanol–water partition coefficient (Wildman–Crippen LogP) is 2.86. The van der Waals surface area contributed by atoms with Gasteiger partial charge in [0.1, 0.15) is 0 Å². The summed E-state index contributed by atoms with van der Waals surface area (Å²) in [6.07, 6.45) is 4.05. The fraction of sp³-hybridized carbons (Fsp3) is 0.312. The van der Waals surface area contributed by atoms with E-state index in [9.17, 15) is 4.79 Å². The van der Waals surface area contributed by atoms with Gasteiger partial charge in [0.15, 0.2) is 0 Å². The van der Waals surface area contributed by atoms with Crippen LogP contribution in [-0.2, 0) is 0 Å². The van der Waals surface area contributed by atoms with E-state index in [2.05, 4.69) is 41.4 Å². The van der Waals surface area contributed by atoms with Crippen molar-refractivity contribution in [3.8, 4) is 0 Å². The highest BCUT2D eigenvalue weighted by molar-refractivity contribution is 9.10. The maximum Gasteiger partial charge on any atom is 0.258 e. The average molecular weight is 378 g/mol. The molecule has 2 aromatic rings. The van der Waals surface area contributed by atoms with Crippen molar-refractivity contribution >= 4 is 33.5 Å². The first-order valence-electron chi connectivity index (χ1n) is 7.32. The van der Waals surface area contributed by atoms with Crippen LogP contribution < -0.4 is 10.6 Å². The van der Waals surface area contributed by atoms with Crippen LogP contribution in [0.4, 0.5) is 11.6 Å². The van der Waals surface area contributed by atoms with Crippen molar-refractivity contribution in [3.05, 3.63) is 46.7 Å². The summed E-state index contributed by atoms with van der Waals surface area (Å²) < 4.78 is 0.906. The van der Waals surface area contributed by atoms with Gasteiger partial charge in [0, 0.05) is 29.1 Å². The molecular formula is C16H20BrN5O. The van der Waals surface area contributed by atoms with Gasteiger partial charge in [-0.1, -0.05) is 22.0 Å². The smallest absolute Gasteiger partial charge is 0.258 e. The molecule has 1 aromatic heterocycles. The van der Waals surface area contributed by atoms with E-state index in [0.29, 0.717) is 11.5 Å². The van der Waals surface area contributed by atoms with Crippen LogP contribution in [0.2, 0.25) is 0 Å². The van der Waals surface area contributed by atoms with Crippen molar-refractivity contribution in [2.45, 2.75) is 6.42 Å². The number of benzene rings is 1. The molecule has 122 valence electrons. The fourth-order valence-corrected chi connectivity index (χ4v) is 2.30. The van der Waals surface area contributed by atoms with E-state index < -0.39 is 0 Å². The lowest BCUT2D eigenvalue weighted by atomic mass is 10.3. The van der Waals surface area contributed by atoms with Crippen LogP contribution in [0.1, 0.15) is 16.8 Å². The quantitative estimate of drug-likeness (QED) is 0.726. The van der Waals surface area contributed by atoms with Crippen LogP contribution in [0.25, 0.3) is 0 Å². The summed E-state index contributed by atoms with van der Waals surface area (Å²) in [5, 5.41) is 5.94. The molecule has 0 bridgehead atoms. The first kappa shape index (κ1) is 17.4. The number of aromatic nitrogens is 2. The monoisotopic (exact) mass is 377 g/mol. The Bertz CT molecular complexity index is 645. The molecular weight excluding hydrogens is 358 g/mol. The molecule has 23 heavy (non-hydrogen) atoms. The van der Waals surface area contributed by atoms with E-state index in [4.69, 9.17) is 0 Å². The van der Waals surface area contributed by atoms with Crippen molar-refractivity contribution in [2.24, 2.45) is 0 Å². The first-order chi connectivity index (χ1) is 11.0. The Morgan fingerprint density at radius 3 is 2.65 bits per heavy atom. The summed E-state index contributed by atoms with van der Waals surface area (Å²) >= 11 is 3.37. The third-order valence-electron chi connectivity index (χ3n) is 3.06. The molecule has 1 aromatic carbocycles. The molecule has 0 fully saturated rings. The lowest BCUT2D eigenvalue weighted by molar-refractivity contribution is 0.102. The maximum atomic E-state index is 12.1. The number of nitrogens with one attached hydrogen (secondary N) is 2. The second-order valence-corrected chi connectivity index (χ2v) is 6.26. The van der Waals surface area contributed by atoms with Gasteiger partial charge in [-0.2, -0.15) is 0 Å². The topological polar surface area (TPSA) is 70.2 Å². The van der Waals surface area contributed by atoms with Crippen LogP contribution in [0, 0.1) is 0 Å². The van der Waals surface area contributed by atoms with Crippen molar-refractivity contribution in [2.75, 3.05) is 37.8 Å². The molecule has 0 saturated carbocycles. The van der Waals surface area contributed by atoms with Gasteiger partial charge in [0.05, 0.1) is 5.56 Å². The van der Waals surface area contributed by atoms with Crippen molar-refractivity contribution in [3.63, 3.8) is 0 Å². The van der Waals surface area contributed by atoms with E-state index in [1.165, 1.54) is 12.4 Å². The number of halogens is 1. The molecule has 7 heteroatoms. The van der Waals surface area contributed by atoms with Gasteiger partial charge in [0.2, 0.25) is 5.95 Å². The summed E-state index contributed by atoms with van der Waals surface area (Å²) in [6.45, 7) is 1.79. The normalized spacial score (nSPS) is 10.6. The number of rotatable bonds is 7. The number of amides is 1. The van der Waals surface area contributed by atoms with Crippen LogP contribution in [0.15, 0.2) is 41.1 Å². The fourth-order valence-electron chi connectivity index (χ4n) is 1.90. The highest BCUT2D eigenvalue weighted by atomic mass is 79.9. The standard InChI is InChI=1S/C16H20BrN5O/c1-22(2)8-4-7-18-16-19-10-12(11-20-16)15(23)21-14-6-3-5-13(17)9-14/h3,5-6,9-11H,4,7-8H2,1-2H3,(H,21,23)(H,18,19,20). The van der Waals surface area contributed by atoms with Gasteiger partial charge in [-0.3, -0.25) is 4.79 Å². The highest BCUT2D eigenvalue weighted by Crippen LogP contribution is 2.16. The van der Waals surface area contributed by atoms with Crippen molar-refractivity contribution in [1.29, 1.82) is 0 Å². The minimum absolute atomic E-state index is 0.234. The molecule has 6 nitrogen and oxygen atoms in total. The number of carbonyl (C=O) groups excluding carboxylic acids is 1. The zero-order chi connectivity index (χ0) is 16.7. The zero-order valence-electron chi connectivity index (χ0n) is 13.2. The number of nitrogens with zero attached hydrogens (tertiary/aromatic N) is 3. The highest BCUT2D eigenvalue weighted by Gasteiger charge is 2.08. The Hall–Kier alpha value is -1.99. The molecule has 1 heterocycles. The van der Waals surface area contributed by atoms with E-state index >= 15 is 0 Å². The molecule has 0 aliphatic heterocycles. The molecule has 2 rings (SSSR count). The minimum atomic E-state index is -0.234. The van der Waals surface area contributed by atoms with Gasteiger partial charge in [-0.25, -0.2) is 9.97 Å². The Morgan fingerprint density at radius 2 is 2.00 bits per heavy atom. The molecule has 0 spiro atoms. The summed E-state index contributed by atoms with van der Waals surface area (Å²) in [7, 11) is 4.07. The Labute approximate surface area is 144 Å². The molecule has 2 N–H and O–H groups in total. The van der Waals surface area contributed by atoms with Gasteiger partial charge in [-0.15, -0.1) is 0 Å². The molecule has 0 saturated heterocycles. The zero-order valence-corrected chi connectivity index (χ0v) is 14.8. The molecule has 1 amide bonds. The van der Waals surface area contributed by atoms with Gasteiger partial charge < -0.3 is 15.5 Å². The average Bonchev–Trinajstić information content (AvgIpc) is 2.52. The van der Waals surface area contributed by atoms with E-state index in [1.807, 2.05) is 38.4 Å². The van der Waals surface area contributed by atoms with Crippen LogP contribution in [0.3, 0.4) is 0 Å². The SMILES string of the molecule is CN(C)CCCNc1ncc(C(=O)Nc2cccc(Br)c2)cn1. The first-order valence-corrected chi connectivity index (χ1v) is 8.11. The second-order valence-electron chi connectivity index (χ2n) is 5.34. The lowest BCUT2D eigenvalue weighted by Crippen LogP contribution is -2.17. The Morgan fingerprint density at radius 1 is 1.26 bits per heavy atom. The van der Waals surface area contributed by atoms with Crippen molar-refractivity contribution < 1.29 is 4.79 Å². The van der Waals surface area contributed by atoms with E-state index in [-0.39, 0.29) is 5.91 Å². The molecule has 0 aliphatic carbocycles. The minimum Gasteiger partial charge on any atom is -0.354 e. The van der Waals surface area contributed by atoms with Crippen LogP contribution in [-0.4, -0.2) is 48.0 Å². The summed E-state index contributed by atoms with van der Waals surface area (Å²) in [4.78, 5) is 22.6. The molecule has 0 unspecified atom stereocenters. The van der Waals surface area contributed by atoms with Crippen molar-refractivity contribution in [1.82, 2.24) is 14.9 Å². The van der Waals surface area contributed by atoms with Gasteiger partial charge in [-0.05, 0) is 45.3 Å². The van der Waals surface area contributed by atoms with Crippen LogP contribution in [0.5, 0.6) is 0 Å². The number of anilines is 2. The van der Waals surface area contributed by atoms with Crippen LogP contribution >= 0.6 is 15.9 Å². The third-order valence-corrected chi connectivity index (χ3v) is 3.55. The van der Waals surface area contributed by atoms with E-state index in [0.717, 1.165) is 29.7 Å². The molecule has 0 atom stereocenters. The van der Waals surface area contributed by atoms with Gasteiger partial charge >= 0.3 is 0 Å². The molecule has 0 aliphatic rings. The number of hydrogen-bond donors (Lipinski definition) is 2. The van der Waals surface area contributed by atoms with E-state index in [1.54, 1.807) is 0 Å². The second kappa shape index (κ2) is 8.59. The number of carbonyl (C=O) groups is 1. The Kier molecular flexibility index (Phi) is 6.49. The Balaban J connectivity index is 1.87. The predicted molar refractivity (Wildman–Crippen MR) is 95.8 cm³/mol. The summed E-state index contributed by atoms with van der Waals surface area (Å²) in [5.74, 6) is 0.296. The largest absolute Gasteiger partial charge is 0.354 e.